The number of nitrogens with zero attached hydrogens (tertiary/aromatic N) is 1. The summed E-state index contributed by atoms with van der Waals surface area (Å²) >= 11 is 3.42. The molecule has 1 fully saturated rings. The fraction of sp³-hybridized carbons (Fsp3) is 0.412. The van der Waals surface area contributed by atoms with E-state index in [4.69, 9.17) is 0 Å². The van der Waals surface area contributed by atoms with Crippen LogP contribution in [-0.4, -0.2) is 28.6 Å². The summed E-state index contributed by atoms with van der Waals surface area (Å²) in [5, 5.41) is 7.32. The van der Waals surface area contributed by atoms with E-state index in [1.807, 2.05) is 13.8 Å². The molecule has 1 saturated heterocycles. The Morgan fingerprint density at radius 2 is 2.09 bits per heavy atom. The van der Waals surface area contributed by atoms with Gasteiger partial charge in [0.1, 0.15) is 5.01 Å². The van der Waals surface area contributed by atoms with Crippen molar-refractivity contribution in [2.24, 2.45) is 0 Å². The van der Waals surface area contributed by atoms with Crippen LogP contribution in [0.5, 0.6) is 0 Å². The molecule has 0 unspecified atom stereocenters. The Labute approximate surface area is 145 Å². The van der Waals surface area contributed by atoms with E-state index in [1.54, 1.807) is 23.1 Å². The fourth-order valence-electron chi connectivity index (χ4n) is 2.57. The third kappa shape index (κ3) is 3.76. The average Bonchev–Trinajstić information content (AvgIpc) is 3.17. The van der Waals surface area contributed by atoms with E-state index in [2.05, 4.69) is 46.8 Å². The van der Waals surface area contributed by atoms with Crippen molar-refractivity contribution in [3.63, 3.8) is 0 Å². The highest BCUT2D eigenvalue weighted by molar-refractivity contribution is 7.99. The van der Waals surface area contributed by atoms with Crippen LogP contribution in [0.15, 0.2) is 24.3 Å². The number of thiazole rings is 1. The molecule has 0 aliphatic carbocycles. The molecule has 122 valence electrons. The summed E-state index contributed by atoms with van der Waals surface area (Å²) in [6.45, 7) is 6.12. The van der Waals surface area contributed by atoms with Gasteiger partial charge in [0, 0.05) is 17.2 Å². The second-order valence-electron chi connectivity index (χ2n) is 5.84. The van der Waals surface area contributed by atoms with Crippen molar-refractivity contribution in [1.82, 2.24) is 15.6 Å². The average molecular weight is 348 g/mol. The van der Waals surface area contributed by atoms with Crippen LogP contribution in [0.4, 0.5) is 0 Å². The van der Waals surface area contributed by atoms with Gasteiger partial charge in [0.2, 0.25) is 5.91 Å². The Balaban J connectivity index is 1.74. The fourth-order valence-corrected chi connectivity index (χ4v) is 4.59. The van der Waals surface area contributed by atoms with Crippen molar-refractivity contribution in [1.29, 1.82) is 0 Å². The van der Waals surface area contributed by atoms with Crippen LogP contribution in [0, 0.1) is 13.8 Å². The number of aromatic nitrogens is 1. The van der Waals surface area contributed by atoms with Crippen LogP contribution < -0.4 is 10.6 Å². The molecule has 6 heteroatoms. The molecule has 1 aliphatic heterocycles. The van der Waals surface area contributed by atoms with Crippen LogP contribution in [0.3, 0.4) is 0 Å². The lowest BCUT2D eigenvalue weighted by atomic mass is 10.2. The van der Waals surface area contributed by atoms with Gasteiger partial charge >= 0.3 is 0 Å². The molecule has 4 nitrogen and oxygen atoms in total. The van der Waals surface area contributed by atoms with Gasteiger partial charge in [-0.25, -0.2) is 4.98 Å². The zero-order valence-corrected chi connectivity index (χ0v) is 15.2. The third-order valence-electron chi connectivity index (χ3n) is 3.92. The highest BCUT2D eigenvalue weighted by atomic mass is 32.2. The predicted octanol–water partition coefficient (Wildman–Crippen LogP) is 3.27. The third-order valence-corrected chi connectivity index (χ3v) is 6.24. The van der Waals surface area contributed by atoms with Gasteiger partial charge in [-0.1, -0.05) is 29.8 Å². The van der Waals surface area contributed by atoms with Crippen molar-refractivity contribution in [2.75, 3.05) is 11.6 Å². The van der Waals surface area contributed by atoms with Gasteiger partial charge in [0.25, 0.3) is 0 Å². The monoisotopic (exact) mass is 347 g/mol. The lowest BCUT2D eigenvalue weighted by Crippen LogP contribution is -2.42. The van der Waals surface area contributed by atoms with Crippen molar-refractivity contribution < 1.29 is 4.79 Å². The predicted molar refractivity (Wildman–Crippen MR) is 97.8 cm³/mol. The van der Waals surface area contributed by atoms with E-state index in [9.17, 15) is 4.79 Å². The molecule has 0 bridgehead atoms. The summed E-state index contributed by atoms with van der Waals surface area (Å²) in [5.74, 6) is 1.77. The number of amides is 1. The summed E-state index contributed by atoms with van der Waals surface area (Å²) < 4.78 is 0. The minimum atomic E-state index is -0.0766. The highest BCUT2D eigenvalue weighted by Gasteiger charge is 2.25. The lowest BCUT2D eigenvalue weighted by molar-refractivity contribution is -0.123. The van der Waals surface area contributed by atoms with Gasteiger partial charge in [-0.05, 0) is 20.8 Å². The van der Waals surface area contributed by atoms with Crippen molar-refractivity contribution in [2.45, 2.75) is 32.9 Å². The summed E-state index contributed by atoms with van der Waals surface area (Å²) in [4.78, 5) is 18.1. The molecular weight excluding hydrogens is 326 g/mol. The first-order valence-corrected chi connectivity index (χ1v) is 9.67. The first-order valence-electron chi connectivity index (χ1n) is 7.70. The summed E-state index contributed by atoms with van der Waals surface area (Å²) in [6.07, 6.45) is 0. The Morgan fingerprint density at radius 3 is 2.74 bits per heavy atom. The molecule has 2 aromatic rings. The lowest BCUT2D eigenvalue weighted by Gasteiger charge is -2.16. The topological polar surface area (TPSA) is 54.0 Å². The molecular formula is C17H21N3OS2. The Hall–Kier alpha value is -1.37. The molecule has 1 aliphatic rings. The molecule has 2 N–H and O–H groups in total. The van der Waals surface area contributed by atoms with Gasteiger partial charge in [-0.3, -0.25) is 10.1 Å². The number of rotatable bonds is 4. The van der Waals surface area contributed by atoms with Crippen LogP contribution in [0.1, 0.15) is 29.1 Å². The molecule has 0 radical (unpaired) electrons. The van der Waals surface area contributed by atoms with E-state index >= 15 is 0 Å². The van der Waals surface area contributed by atoms with Crippen LogP contribution in [0.25, 0.3) is 10.6 Å². The van der Waals surface area contributed by atoms with Crippen molar-refractivity contribution in [3.8, 4) is 10.6 Å². The van der Waals surface area contributed by atoms with Crippen molar-refractivity contribution >= 4 is 29.0 Å². The Bertz CT molecular complexity index is 690. The van der Waals surface area contributed by atoms with E-state index in [0.29, 0.717) is 0 Å². The van der Waals surface area contributed by atoms with Gasteiger partial charge in [0.05, 0.1) is 22.7 Å². The highest BCUT2D eigenvalue weighted by Crippen LogP contribution is 2.32. The first-order chi connectivity index (χ1) is 11.0. The maximum absolute atomic E-state index is 12.3. The largest absolute Gasteiger partial charge is 0.347 e. The number of benzene rings is 1. The number of carbonyl (C=O) groups excluding carboxylic acids is 1. The zero-order valence-electron chi connectivity index (χ0n) is 13.6. The summed E-state index contributed by atoms with van der Waals surface area (Å²) in [6, 6.07) is 8.29. The zero-order chi connectivity index (χ0) is 16.4. The molecule has 1 aromatic carbocycles. The molecule has 1 aromatic heterocycles. The van der Waals surface area contributed by atoms with Crippen molar-refractivity contribution in [3.05, 3.63) is 40.4 Å². The number of hydrogen-bond acceptors (Lipinski definition) is 5. The first kappa shape index (κ1) is 16.5. The van der Waals surface area contributed by atoms with Gasteiger partial charge in [-0.2, -0.15) is 0 Å². The van der Waals surface area contributed by atoms with E-state index in [-0.39, 0.29) is 18.0 Å². The molecule has 0 spiro atoms. The van der Waals surface area contributed by atoms with E-state index in [1.165, 1.54) is 5.56 Å². The van der Waals surface area contributed by atoms with Crippen LogP contribution in [-0.2, 0) is 4.79 Å². The SMILES string of the molecule is Cc1ccc(-c2nc(C)c([C@H](C)NC(=O)[C@@H]3CSCN3)s2)cc1. The number of thioether (sulfide) groups is 1. The summed E-state index contributed by atoms with van der Waals surface area (Å²) in [5.41, 5.74) is 3.36. The second-order valence-corrected chi connectivity index (χ2v) is 7.90. The number of carbonyl (C=O) groups is 1. The Kier molecular flexibility index (Phi) is 5.04. The normalized spacial score (nSPS) is 18.8. The molecule has 2 atom stereocenters. The second kappa shape index (κ2) is 7.03. The minimum Gasteiger partial charge on any atom is -0.347 e. The summed E-state index contributed by atoms with van der Waals surface area (Å²) in [7, 11) is 0. The quantitative estimate of drug-likeness (QED) is 0.891. The van der Waals surface area contributed by atoms with E-state index < -0.39 is 0 Å². The number of hydrogen-bond donors (Lipinski definition) is 2. The minimum absolute atomic E-state index is 0.0217. The van der Waals surface area contributed by atoms with Gasteiger partial charge in [0.15, 0.2) is 0 Å². The Morgan fingerprint density at radius 1 is 1.35 bits per heavy atom. The molecule has 0 saturated carbocycles. The molecule has 3 rings (SSSR count). The van der Waals surface area contributed by atoms with Crippen LogP contribution in [0.2, 0.25) is 0 Å². The van der Waals surface area contributed by atoms with E-state index in [0.717, 1.165) is 32.8 Å². The molecule has 23 heavy (non-hydrogen) atoms. The standard InChI is InChI=1S/C17H21N3OS2/c1-10-4-6-13(7-5-10)17-20-12(3)15(23-17)11(2)19-16(21)14-8-22-9-18-14/h4-7,11,14,18H,8-9H2,1-3H3,(H,19,21)/t11-,14-/m0/s1. The van der Waals surface area contributed by atoms with Crippen LogP contribution >= 0.6 is 23.1 Å². The van der Waals surface area contributed by atoms with Gasteiger partial charge < -0.3 is 5.32 Å². The number of aryl methyl sites for hydroxylation is 2. The smallest absolute Gasteiger partial charge is 0.238 e. The maximum atomic E-state index is 12.3. The van der Waals surface area contributed by atoms with Gasteiger partial charge in [-0.15, -0.1) is 23.1 Å². The molecule has 2 heterocycles. The number of nitrogens with one attached hydrogen (secondary N) is 2. The maximum Gasteiger partial charge on any atom is 0.238 e. The molecule has 1 amide bonds.